The lowest BCUT2D eigenvalue weighted by molar-refractivity contribution is 0.107. The molecular weight excluding hydrogens is 226 g/mol. The van der Waals surface area contributed by atoms with E-state index in [0.717, 1.165) is 32.7 Å². The van der Waals surface area contributed by atoms with Crippen molar-refractivity contribution in [1.82, 2.24) is 14.5 Å². The van der Waals surface area contributed by atoms with Gasteiger partial charge in [0.05, 0.1) is 6.26 Å². The Morgan fingerprint density at radius 2 is 1.81 bits per heavy atom. The minimum Gasteiger partial charge on any atom is -0.301 e. The highest BCUT2D eigenvalue weighted by atomic mass is 32.2. The molecule has 0 amide bonds. The van der Waals surface area contributed by atoms with Gasteiger partial charge in [0.1, 0.15) is 0 Å². The van der Waals surface area contributed by atoms with Crippen LogP contribution in [-0.4, -0.2) is 69.8 Å². The molecule has 0 spiro atoms. The first-order valence-electron chi connectivity index (χ1n) is 5.83. The zero-order chi connectivity index (χ0) is 12.2. The van der Waals surface area contributed by atoms with E-state index in [9.17, 15) is 8.42 Å². The Kier molecular flexibility index (Phi) is 5.17. The van der Waals surface area contributed by atoms with Crippen molar-refractivity contribution in [3.63, 3.8) is 0 Å². The second-order valence-corrected chi connectivity index (χ2v) is 6.27. The largest absolute Gasteiger partial charge is 0.301 e. The summed E-state index contributed by atoms with van der Waals surface area (Å²) in [7, 11) is -3.06. The molecule has 1 fully saturated rings. The summed E-state index contributed by atoms with van der Waals surface area (Å²) in [6.07, 6.45) is 1.20. The molecule has 5 nitrogen and oxygen atoms in total. The highest BCUT2D eigenvalue weighted by molar-refractivity contribution is 7.88. The molecule has 0 aromatic rings. The summed E-state index contributed by atoms with van der Waals surface area (Å²) in [5, 5.41) is 0. The predicted molar refractivity (Wildman–Crippen MR) is 66.0 cm³/mol. The number of nitrogens with one attached hydrogen (secondary N) is 1. The van der Waals surface area contributed by atoms with E-state index < -0.39 is 10.0 Å². The first-order chi connectivity index (χ1) is 7.42. The van der Waals surface area contributed by atoms with Gasteiger partial charge in [0, 0.05) is 38.8 Å². The van der Waals surface area contributed by atoms with Crippen LogP contribution in [0.15, 0.2) is 0 Å². The van der Waals surface area contributed by atoms with Crippen molar-refractivity contribution in [2.75, 3.05) is 45.5 Å². The molecule has 1 saturated heterocycles. The Bertz CT molecular complexity index is 297. The summed E-state index contributed by atoms with van der Waals surface area (Å²) < 4.78 is 24.5. The van der Waals surface area contributed by atoms with Crippen molar-refractivity contribution in [2.45, 2.75) is 19.9 Å². The summed E-state index contributed by atoms with van der Waals surface area (Å²) in [6, 6.07) is 0.272. The maximum Gasteiger partial charge on any atom is 0.208 e. The van der Waals surface area contributed by atoms with Gasteiger partial charge in [0.2, 0.25) is 10.0 Å². The van der Waals surface area contributed by atoms with Gasteiger partial charge in [-0.3, -0.25) is 4.90 Å². The molecule has 1 atom stereocenters. The summed E-state index contributed by atoms with van der Waals surface area (Å²) in [4.78, 5) is 4.75. The molecule has 0 radical (unpaired) electrons. The van der Waals surface area contributed by atoms with E-state index in [2.05, 4.69) is 28.4 Å². The average Bonchev–Trinajstić information content (AvgIpc) is 2.25. The number of sulfonamides is 1. The van der Waals surface area contributed by atoms with Gasteiger partial charge in [-0.25, -0.2) is 13.1 Å². The normalized spacial score (nSPS) is 22.2. The maximum absolute atomic E-state index is 11.0. The topological polar surface area (TPSA) is 52.6 Å². The van der Waals surface area contributed by atoms with Crippen LogP contribution in [-0.2, 0) is 10.0 Å². The van der Waals surface area contributed by atoms with Crippen LogP contribution in [0, 0.1) is 0 Å². The lowest BCUT2D eigenvalue weighted by Gasteiger charge is -2.37. The van der Waals surface area contributed by atoms with Crippen LogP contribution in [0.5, 0.6) is 0 Å². The zero-order valence-corrected chi connectivity index (χ0v) is 11.3. The first-order valence-corrected chi connectivity index (χ1v) is 7.72. The van der Waals surface area contributed by atoms with Gasteiger partial charge in [-0.15, -0.1) is 0 Å². The molecule has 1 aliphatic rings. The van der Waals surface area contributed by atoms with Gasteiger partial charge >= 0.3 is 0 Å². The standard InChI is InChI=1S/C10H23N3O2S/c1-4-12-5-7-13(8-6-12)10(2)9-11-16(3,14)15/h10-11H,4-9H2,1-3H3. The summed E-state index contributed by atoms with van der Waals surface area (Å²) >= 11 is 0. The Morgan fingerprint density at radius 1 is 1.25 bits per heavy atom. The first kappa shape index (κ1) is 13.9. The van der Waals surface area contributed by atoms with E-state index in [1.807, 2.05) is 0 Å². The van der Waals surface area contributed by atoms with Crippen LogP contribution in [0.25, 0.3) is 0 Å². The molecule has 0 aromatic heterocycles. The lowest BCUT2D eigenvalue weighted by atomic mass is 10.2. The van der Waals surface area contributed by atoms with Crippen molar-refractivity contribution < 1.29 is 8.42 Å². The Balaban J connectivity index is 2.30. The molecule has 0 aromatic carbocycles. The van der Waals surface area contributed by atoms with Gasteiger partial charge in [-0.1, -0.05) is 6.92 Å². The molecule has 1 unspecified atom stereocenters. The fourth-order valence-corrected chi connectivity index (χ4v) is 2.47. The molecule has 1 rings (SSSR count). The fourth-order valence-electron chi connectivity index (χ4n) is 1.92. The van der Waals surface area contributed by atoms with Crippen LogP contribution in [0.1, 0.15) is 13.8 Å². The maximum atomic E-state index is 11.0. The molecule has 0 bridgehead atoms. The van der Waals surface area contributed by atoms with Gasteiger partial charge < -0.3 is 4.90 Å². The molecule has 0 saturated carbocycles. The predicted octanol–water partition coefficient (Wildman–Crippen LogP) is -0.438. The molecule has 0 aliphatic carbocycles. The van der Waals surface area contributed by atoms with Crippen molar-refractivity contribution in [2.24, 2.45) is 0 Å². The Morgan fingerprint density at radius 3 is 2.25 bits per heavy atom. The highest BCUT2D eigenvalue weighted by Crippen LogP contribution is 2.05. The third kappa shape index (κ3) is 4.78. The number of hydrogen-bond donors (Lipinski definition) is 1. The Labute approximate surface area is 98.8 Å². The minimum absolute atomic E-state index is 0.272. The molecule has 96 valence electrons. The average molecular weight is 249 g/mol. The smallest absolute Gasteiger partial charge is 0.208 e. The van der Waals surface area contributed by atoms with E-state index in [4.69, 9.17) is 0 Å². The summed E-state index contributed by atoms with van der Waals surface area (Å²) in [5.74, 6) is 0. The number of hydrogen-bond acceptors (Lipinski definition) is 4. The Hall–Kier alpha value is -0.170. The molecule has 1 N–H and O–H groups in total. The SMILES string of the molecule is CCN1CCN(C(C)CNS(C)(=O)=O)CC1. The van der Waals surface area contributed by atoms with E-state index in [0.29, 0.717) is 6.54 Å². The van der Waals surface area contributed by atoms with Crippen molar-refractivity contribution in [1.29, 1.82) is 0 Å². The van der Waals surface area contributed by atoms with Crippen LogP contribution >= 0.6 is 0 Å². The van der Waals surface area contributed by atoms with Gasteiger partial charge in [-0.2, -0.15) is 0 Å². The number of rotatable bonds is 5. The minimum atomic E-state index is -3.06. The van der Waals surface area contributed by atoms with E-state index in [1.54, 1.807) is 0 Å². The molecule has 1 heterocycles. The van der Waals surface area contributed by atoms with Gasteiger partial charge in [-0.05, 0) is 13.5 Å². The lowest BCUT2D eigenvalue weighted by Crippen LogP contribution is -2.52. The second kappa shape index (κ2) is 5.95. The second-order valence-electron chi connectivity index (χ2n) is 4.44. The third-order valence-electron chi connectivity index (χ3n) is 3.12. The monoisotopic (exact) mass is 249 g/mol. The number of piperazine rings is 1. The van der Waals surface area contributed by atoms with E-state index in [1.165, 1.54) is 6.26 Å². The van der Waals surface area contributed by atoms with Crippen LogP contribution in [0.3, 0.4) is 0 Å². The van der Waals surface area contributed by atoms with Gasteiger partial charge in [0.15, 0.2) is 0 Å². The van der Waals surface area contributed by atoms with Crippen molar-refractivity contribution >= 4 is 10.0 Å². The zero-order valence-electron chi connectivity index (χ0n) is 10.4. The fraction of sp³-hybridized carbons (Fsp3) is 1.00. The number of nitrogens with zero attached hydrogens (tertiary/aromatic N) is 2. The third-order valence-corrected chi connectivity index (χ3v) is 3.81. The molecular formula is C10H23N3O2S. The molecule has 1 aliphatic heterocycles. The van der Waals surface area contributed by atoms with Crippen LogP contribution in [0.2, 0.25) is 0 Å². The van der Waals surface area contributed by atoms with E-state index >= 15 is 0 Å². The van der Waals surface area contributed by atoms with Crippen molar-refractivity contribution in [3.8, 4) is 0 Å². The van der Waals surface area contributed by atoms with Crippen molar-refractivity contribution in [3.05, 3.63) is 0 Å². The van der Waals surface area contributed by atoms with E-state index in [-0.39, 0.29) is 6.04 Å². The molecule has 16 heavy (non-hydrogen) atoms. The summed E-state index contributed by atoms with van der Waals surface area (Å²) in [6.45, 7) is 10.1. The van der Waals surface area contributed by atoms with Gasteiger partial charge in [0.25, 0.3) is 0 Å². The summed E-state index contributed by atoms with van der Waals surface area (Å²) in [5.41, 5.74) is 0. The number of likely N-dealkylation sites (N-methyl/N-ethyl adjacent to an activating group) is 1. The van der Waals surface area contributed by atoms with Crippen LogP contribution in [0.4, 0.5) is 0 Å². The highest BCUT2D eigenvalue weighted by Gasteiger charge is 2.20. The quantitative estimate of drug-likeness (QED) is 0.718. The van der Waals surface area contributed by atoms with Crippen LogP contribution < -0.4 is 4.72 Å². The molecule has 6 heteroatoms.